The molecular formula is C12H13NO3S2. The zero-order chi connectivity index (χ0) is 13.2. The second-order valence-corrected chi connectivity index (χ2v) is 6.54. The van der Waals surface area contributed by atoms with Crippen LogP contribution in [0, 0.1) is 0 Å². The number of rotatable bonds is 4. The molecule has 0 saturated carbocycles. The van der Waals surface area contributed by atoms with Crippen molar-refractivity contribution in [2.75, 3.05) is 12.8 Å². The molecule has 1 aromatic carbocycles. The summed E-state index contributed by atoms with van der Waals surface area (Å²) in [6.07, 6.45) is 0. The summed E-state index contributed by atoms with van der Waals surface area (Å²) < 4.78 is 29.6. The van der Waals surface area contributed by atoms with Gasteiger partial charge in [0.1, 0.15) is 10.6 Å². The number of sulfone groups is 1. The molecule has 0 aliphatic rings. The Kier molecular flexibility index (Phi) is 3.58. The number of hydrogen-bond acceptors (Lipinski definition) is 5. The molecule has 6 heteroatoms. The lowest BCUT2D eigenvalue weighted by Gasteiger charge is -2.09. The number of nitrogen functional groups attached to an aromatic ring is 1. The zero-order valence-electron chi connectivity index (χ0n) is 9.79. The second kappa shape index (κ2) is 4.99. The van der Waals surface area contributed by atoms with Crippen LogP contribution in [0.15, 0.2) is 39.9 Å². The van der Waals surface area contributed by atoms with Crippen LogP contribution in [0.5, 0.6) is 5.75 Å². The van der Waals surface area contributed by atoms with E-state index in [1.165, 1.54) is 30.6 Å². The standard InChI is InChI=1S/C12H13NO3S2/c1-16-11-6-10(13)2-3-12(11)18(14,15)8-9-4-5-17-7-9/h2-7H,8,13H2,1H3. The number of thiophene rings is 1. The predicted molar refractivity (Wildman–Crippen MR) is 72.6 cm³/mol. The van der Waals surface area contributed by atoms with Crippen LogP contribution >= 0.6 is 11.3 Å². The Morgan fingerprint density at radius 2 is 2.11 bits per heavy atom. The van der Waals surface area contributed by atoms with Crippen molar-refractivity contribution < 1.29 is 13.2 Å². The third kappa shape index (κ3) is 2.65. The molecule has 0 aliphatic heterocycles. The largest absolute Gasteiger partial charge is 0.495 e. The summed E-state index contributed by atoms with van der Waals surface area (Å²) in [6, 6.07) is 6.35. The Hall–Kier alpha value is -1.53. The summed E-state index contributed by atoms with van der Waals surface area (Å²) >= 11 is 1.47. The number of nitrogens with two attached hydrogens (primary N) is 1. The van der Waals surface area contributed by atoms with Gasteiger partial charge in [0.15, 0.2) is 9.84 Å². The zero-order valence-corrected chi connectivity index (χ0v) is 11.4. The highest BCUT2D eigenvalue weighted by Gasteiger charge is 2.20. The SMILES string of the molecule is COc1cc(N)ccc1S(=O)(=O)Cc1ccsc1. The molecule has 0 unspecified atom stereocenters. The van der Waals surface area contributed by atoms with Crippen LogP contribution in [-0.4, -0.2) is 15.5 Å². The molecular weight excluding hydrogens is 270 g/mol. The lowest BCUT2D eigenvalue weighted by atomic mass is 10.3. The molecule has 0 bridgehead atoms. The van der Waals surface area contributed by atoms with Crippen LogP contribution in [0.1, 0.15) is 5.56 Å². The van der Waals surface area contributed by atoms with Gasteiger partial charge in [0.05, 0.1) is 12.9 Å². The maximum Gasteiger partial charge on any atom is 0.186 e. The highest BCUT2D eigenvalue weighted by Crippen LogP contribution is 2.29. The minimum Gasteiger partial charge on any atom is -0.495 e. The summed E-state index contributed by atoms with van der Waals surface area (Å²) in [4.78, 5) is 0.172. The van der Waals surface area contributed by atoms with Gasteiger partial charge >= 0.3 is 0 Å². The molecule has 0 fully saturated rings. The van der Waals surface area contributed by atoms with Gasteiger partial charge in [0.2, 0.25) is 0 Å². The van der Waals surface area contributed by atoms with Gasteiger partial charge in [-0.25, -0.2) is 8.42 Å². The molecule has 2 aromatic rings. The normalized spacial score (nSPS) is 11.4. The van der Waals surface area contributed by atoms with Crippen molar-refractivity contribution in [3.63, 3.8) is 0 Å². The Balaban J connectivity index is 2.41. The van der Waals surface area contributed by atoms with E-state index in [1.54, 1.807) is 12.1 Å². The number of methoxy groups -OCH3 is 1. The summed E-state index contributed by atoms with van der Waals surface area (Å²) in [5.74, 6) is 0.252. The van der Waals surface area contributed by atoms with Crippen molar-refractivity contribution in [2.45, 2.75) is 10.6 Å². The first-order valence-electron chi connectivity index (χ1n) is 5.20. The fourth-order valence-corrected chi connectivity index (χ4v) is 3.89. The third-order valence-corrected chi connectivity index (χ3v) is 4.91. The minimum atomic E-state index is -3.42. The van der Waals surface area contributed by atoms with Gasteiger partial charge in [0.25, 0.3) is 0 Å². The molecule has 0 radical (unpaired) electrons. The van der Waals surface area contributed by atoms with Crippen LogP contribution < -0.4 is 10.5 Å². The second-order valence-electron chi connectivity index (χ2n) is 3.80. The molecule has 1 aromatic heterocycles. The van der Waals surface area contributed by atoms with E-state index in [0.717, 1.165) is 5.56 Å². The van der Waals surface area contributed by atoms with Gasteiger partial charge in [0, 0.05) is 11.8 Å². The van der Waals surface area contributed by atoms with Gasteiger partial charge < -0.3 is 10.5 Å². The first kappa shape index (κ1) is 12.9. The van der Waals surface area contributed by atoms with E-state index in [1.807, 2.05) is 10.8 Å². The molecule has 2 rings (SSSR count). The Morgan fingerprint density at radius 3 is 2.72 bits per heavy atom. The van der Waals surface area contributed by atoms with E-state index >= 15 is 0 Å². The molecule has 2 N–H and O–H groups in total. The lowest BCUT2D eigenvalue weighted by Crippen LogP contribution is -2.06. The van der Waals surface area contributed by atoms with E-state index in [0.29, 0.717) is 5.69 Å². The minimum absolute atomic E-state index is 0.0310. The number of anilines is 1. The number of benzene rings is 1. The first-order valence-corrected chi connectivity index (χ1v) is 7.80. The molecule has 1 heterocycles. The van der Waals surface area contributed by atoms with E-state index in [9.17, 15) is 8.42 Å². The molecule has 18 heavy (non-hydrogen) atoms. The fourth-order valence-electron chi connectivity index (χ4n) is 1.61. The van der Waals surface area contributed by atoms with Gasteiger partial charge in [-0.15, -0.1) is 0 Å². The molecule has 4 nitrogen and oxygen atoms in total. The molecule has 0 amide bonds. The van der Waals surface area contributed by atoms with Crippen LogP contribution in [0.25, 0.3) is 0 Å². The Bertz CT molecular complexity index is 633. The highest BCUT2D eigenvalue weighted by molar-refractivity contribution is 7.90. The van der Waals surface area contributed by atoms with Crippen LogP contribution in [0.4, 0.5) is 5.69 Å². The molecule has 0 atom stereocenters. The van der Waals surface area contributed by atoms with Crippen molar-refractivity contribution >= 4 is 26.9 Å². The highest BCUT2D eigenvalue weighted by atomic mass is 32.2. The predicted octanol–water partition coefficient (Wildman–Crippen LogP) is 2.31. The lowest BCUT2D eigenvalue weighted by molar-refractivity contribution is 0.403. The third-order valence-electron chi connectivity index (χ3n) is 2.46. The summed E-state index contributed by atoms with van der Waals surface area (Å²) in [5.41, 5.74) is 6.86. The summed E-state index contributed by atoms with van der Waals surface area (Å²) in [6.45, 7) is 0. The smallest absolute Gasteiger partial charge is 0.186 e. The monoisotopic (exact) mass is 283 g/mol. The molecule has 0 aliphatic carbocycles. The number of ether oxygens (including phenoxy) is 1. The average molecular weight is 283 g/mol. The van der Waals surface area contributed by atoms with E-state index in [2.05, 4.69) is 0 Å². The summed E-state index contributed by atoms with van der Waals surface area (Å²) in [7, 11) is -1.99. The Labute approximate surface area is 110 Å². The van der Waals surface area contributed by atoms with Crippen molar-refractivity contribution in [1.29, 1.82) is 0 Å². The van der Waals surface area contributed by atoms with Gasteiger partial charge in [-0.2, -0.15) is 11.3 Å². The average Bonchev–Trinajstić information content (AvgIpc) is 2.80. The van der Waals surface area contributed by atoms with Gasteiger partial charge in [-0.1, -0.05) is 0 Å². The van der Waals surface area contributed by atoms with E-state index in [-0.39, 0.29) is 16.4 Å². The van der Waals surface area contributed by atoms with E-state index < -0.39 is 9.84 Å². The summed E-state index contributed by atoms with van der Waals surface area (Å²) in [5, 5.41) is 3.67. The number of hydrogen-bond donors (Lipinski definition) is 1. The fraction of sp³-hybridized carbons (Fsp3) is 0.167. The van der Waals surface area contributed by atoms with Gasteiger partial charge in [-0.3, -0.25) is 0 Å². The van der Waals surface area contributed by atoms with Gasteiger partial charge in [-0.05, 0) is 34.5 Å². The van der Waals surface area contributed by atoms with Crippen molar-refractivity contribution in [1.82, 2.24) is 0 Å². The van der Waals surface area contributed by atoms with Crippen molar-refractivity contribution in [3.05, 3.63) is 40.6 Å². The van der Waals surface area contributed by atoms with Crippen LogP contribution in [0.2, 0.25) is 0 Å². The van der Waals surface area contributed by atoms with Crippen molar-refractivity contribution in [2.24, 2.45) is 0 Å². The molecule has 0 saturated heterocycles. The topological polar surface area (TPSA) is 69.4 Å². The maximum atomic E-state index is 12.3. The maximum absolute atomic E-state index is 12.3. The van der Waals surface area contributed by atoms with Crippen LogP contribution in [0.3, 0.4) is 0 Å². The van der Waals surface area contributed by atoms with Crippen LogP contribution in [-0.2, 0) is 15.6 Å². The quantitative estimate of drug-likeness (QED) is 0.874. The van der Waals surface area contributed by atoms with E-state index in [4.69, 9.17) is 10.5 Å². The van der Waals surface area contributed by atoms with Crippen molar-refractivity contribution in [3.8, 4) is 5.75 Å². The molecule has 96 valence electrons. The molecule has 0 spiro atoms. The Morgan fingerprint density at radius 1 is 1.33 bits per heavy atom. The first-order chi connectivity index (χ1) is 8.53.